The molecule has 1 heterocycles. The Kier molecular flexibility index (Phi) is 5.49. The van der Waals surface area contributed by atoms with Crippen molar-refractivity contribution in [2.75, 3.05) is 24.9 Å². The fraction of sp³-hybridized carbons (Fsp3) is 0.250. The van der Waals surface area contributed by atoms with E-state index in [-0.39, 0.29) is 23.8 Å². The van der Waals surface area contributed by atoms with Crippen LogP contribution in [0.25, 0.3) is 0 Å². The number of carbonyl (C=O) groups is 3. The van der Waals surface area contributed by atoms with Gasteiger partial charge in [0.1, 0.15) is 11.7 Å². The molecule has 2 amide bonds. The summed E-state index contributed by atoms with van der Waals surface area (Å²) in [6.07, 6.45) is -0.747. The fourth-order valence-corrected chi connectivity index (χ4v) is 3.04. The Bertz CT molecular complexity index is 923. The molecule has 8 heteroatoms. The van der Waals surface area contributed by atoms with Gasteiger partial charge in [-0.25, -0.2) is 4.79 Å². The highest BCUT2D eigenvalue weighted by Crippen LogP contribution is 2.43. The van der Waals surface area contributed by atoms with Crippen LogP contribution in [-0.4, -0.2) is 32.0 Å². The van der Waals surface area contributed by atoms with Gasteiger partial charge in [0.2, 0.25) is 11.8 Å². The van der Waals surface area contributed by atoms with E-state index >= 15 is 0 Å². The lowest BCUT2D eigenvalue weighted by atomic mass is 10.0. The predicted octanol–water partition coefficient (Wildman–Crippen LogP) is 2.90. The number of methoxy groups -OCH3 is 2. The van der Waals surface area contributed by atoms with E-state index in [0.717, 1.165) is 0 Å². The second-order valence-electron chi connectivity index (χ2n) is 6.17. The van der Waals surface area contributed by atoms with Crippen LogP contribution in [0.15, 0.2) is 36.4 Å². The monoisotopic (exact) mass is 384 g/mol. The number of rotatable bonds is 6. The van der Waals surface area contributed by atoms with Gasteiger partial charge < -0.3 is 24.8 Å². The Labute approximate surface area is 161 Å². The maximum atomic E-state index is 12.4. The highest BCUT2D eigenvalue weighted by molar-refractivity contribution is 5.99. The quantitative estimate of drug-likeness (QED) is 0.743. The Morgan fingerprint density at radius 1 is 1.00 bits per heavy atom. The molecule has 1 aliphatic rings. The van der Waals surface area contributed by atoms with Crippen LogP contribution in [0.4, 0.5) is 11.4 Å². The molecular formula is C20H20N2O6. The molecule has 146 valence electrons. The summed E-state index contributed by atoms with van der Waals surface area (Å²) in [6.45, 7) is 1.42. The summed E-state index contributed by atoms with van der Waals surface area (Å²) in [5, 5.41) is 5.40. The van der Waals surface area contributed by atoms with E-state index in [2.05, 4.69) is 10.6 Å². The number of anilines is 2. The van der Waals surface area contributed by atoms with Crippen LogP contribution in [0, 0.1) is 0 Å². The number of ether oxygens (including phenoxy) is 3. The zero-order valence-electron chi connectivity index (χ0n) is 15.7. The lowest BCUT2D eigenvalue weighted by molar-refractivity contribution is -0.118. The average Bonchev–Trinajstić information content (AvgIpc) is 2.97. The van der Waals surface area contributed by atoms with Gasteiger partial charge in [-0.15, -0.1) is 0 Å². The maximum Gasteiger partial charge on any atom is 0.343 e. The molecule has 0 unspecified atom stereocenters. The molecule has 1 aliphatic heterocycles. The second kappa shape index (κ2) is 7.99. The van der Waals surface area contributed by atoms with E-state index in [4.69, 9.17) is 14.2 Å². The minimum Gasteiger partial charge on any atom is -0.493 e. The second-order valence-corrected chi connectivity index (χ2v) is 6.17. The smallest absolute Gasteiger partial charge is 0.343 e. The van der Waals surface area contributed by atoms with Crippen molar-refractivity contribution >= 4 is 29.2 Å². The molecule has 8 nitrogen and oxygen atoms in total. The van der Waals surface area contributed by atoms with Crippen LogP contribution in [0.3, 0.4) is 0 Å². The SMILES string of the molecule is COc1ccc2c(c1OC)C(=O)O[C@H]2CC(=O)Nc1ccc(NC(C)=O)cc1. The van der Waals surface area contributed by atoms with Crippen molar-refractivity contribution in [3.8, 4) is 11.5 Å². The van der Waals surface area contributed by atoms with Crippen LogP contribution in [0.1, 0.15) is 35.4 Å². The normalized spacial score (nSPS) is 14.7. The summed E-state index contributed by atoms with van der Waals surface area (Å²) in [4.78, 5) is 35.7. The minimum atomic E-state index is -0.707. The largest absolute Gasteiger partial charge is 0.493 e. The van der Waals surface area contributed by atoms with Gasteiger partial charge in [-0.05, 0) is 30.3 Å². The molecule has 0 spiro atoms. The van der Waals surface area contributed by atoms with Crippen molar-refractivity contribution < 1.29 is 28.6 Å². The molecule has 0 bridgehead atoms. The predicted molar refractivity (Wildman–Crippen MR) is 102 cm³/mol. The minimum absolute atomic E-state index is 0.0400. The number of fused-ring (bicyclic) bond motifs is 1. The number of carbonyl (C=O) groups excluding carboxylic acids is 3. The number of benzene rings is 2. The van der Waals surface area contributed by atoms with E-state index in [1.54, 1.807) is 36.4 Å². The van der Waals surface area contributed by atoms with Crippen molar-refractivity contribution in [3.05, 3.63) is 47.5 Å². The molecule has 28 heavy (non-hydrogen) atoms. The van der Waals surface area contributed by atoms with Crippen LogP contribution in [0.5, 0.6) is 11.5 Å². The van der Waals surface area contributed by atoms with Crippen molar-refractivity contribution in [2.24, 2.45) is 0 Å². The summed E-state index contributed by atoms with van der Waals surface area (Å²) >= 11 is 0. The van der Waals surface area contributed by atoms with Gasteiger partial charge in [0.15, 0.2) is 11.5 Å². The van der Waals surface area contributed by atoms with Gasteiger partial charge in [-0.1, -0.05) is 6.07 Å². The van der Waals surface area contributed by atoms with Crippen molar-refractivity contribution in [1.29, 1.82) is 0 Å². The first kappa shape index (κ1) is 19.2. The summed E-state index contributed by atoms with van der Waals surface area (Å²) in [5.41, 5.74) is 2.05. The van der Waals surface area contributed by atoms with Gasteiger partial charge in [0.25, 0.3) is 0 Å². The maximum absolute atomic E-state index is 12.4. The fourth-order valence-electron chi connectivity index (χ4n) is 3.04. The van der Waals surface area contributed by atoms with E-state index in [0.29, 0.717) is 28.4 Å². The number of esters is 1. The third kappa shape index (κ3) is 3.90. The average molecular weight is 384 g/mol. The standard InChI is InChI=1S/C20H20N2O6/c1-11(23)21-12-4-6-13(7-5-12)22-17(24)10-16-14-8-9-15(26-2)19(27-3)18(14)20(25)28-16/h4-9,16H,10H2,1-3H3,(H,21,23)(H,22,24)/t16-/m0/s1. The topological polar surface area (TPSA) is 103 Å². The van der Waals surface area contributed by atoms with Crippen molar-refractivity contribution in [1.82, 2.24) is 0 Å². The third-order valence-electron chi connectivity index (χ3n) is 4.24. The van der Waals surface area contributed by atoms with Gasteiger partial charge in [0.05, 0.1) is 20.6 Å². The molecular weight excluding hydrogens is 364 g/mol. The zero-order chi connectivity index (χ0) is 20.3. The zero-order valence-corrected chi connectivity index (χ0v) is 15.7. The molecule has 0 radical (unpaired) electrons. The van der Waals surface area contributed by atoms with E-state index in [1.807, 2.05) is 0 Å². The molecule has 2 aromatic rings. The van der Waals surface area contributed by atoms with Crippen molar-refractivity contribution in [2.45, 2.75) is 19.4 Å². The number of hydrogen-bond acceptors (Lipinski definition) is 6. The lowest BCUT2D eigenvalue weighted by Gasteiger charge is -2.13. The van der Waals surface area contributed by atoms with E-state index in [9.17, 15) is 14.4 Å². The van der Waals surface area contributed by atoms with Crippen LogP contribution in [-0.2, 0) is 14.3 Å². The molecule has 1 atom stereocenters. The van der Waals surface area contributed by atoms with Crippen LogP contribution >= 0.6 is 0 Å². The highest BCUT2D eigenvalue weighted by Gasteiger charge is 2.36. The number of amides is 2. The molecule has 0 saturated heterocycles. The van der Waals surface area contributed by atoms with E-state index < -0.39 is 12.1 Å². The summed E-state index contributed by atoms with van der Waals surface area (Å²) in [5.74, 6) is -0.328. The molecule has 0 aromatic heterocycles. The molecule has 3 rings (SSSR count). The Morgan fingerprint density at radius 3 is 2.21 bits per heavy atom. The van der Waals surface area contributed by atoms with Gasteiger partial charge in [-0.3, -0.25) is 9.59 Å². The molecule has 2 N–H and O–H groups in total. The summed E-state index contributed by atoms with van der Waals surface area (Å²) in [7, 11) is 2.92. The number of nitrogens with one attached hydrogen (secondary N) is 2. The Morgan fingerprint density at radius 2 is 1.64 bits per heavy atom. The molecule has 0 fully saturated rings. The summed E-state index contributed by atoms with van der Waals surface area (Å²) < 4.78 is 15.8. The lowest BCUT2D eigenvalue weighted by Crippen LogP contribution is -2.15. The molecule has 0 aliphatic carbocycles. The molecule has 0 saturated carbocycles. The summed E-state index contributed by atoms with van der Waals surface area (Å²) in [6, 6.07) is 10.1. The first-order chi connectivity index (χ1) is 13.4. The number of hydrogen-bond donors (Lipinski definition) is 2. The van der Waals surface area contributed by atoms with Gasteiger partial charge >= 0.3 is 5.97 Å². The van der Waals surface area contributed by atoms with Gasteiger partial charge in [-0.2, -0.15) is 0 Å². The van der Waals surface area contributed by atoms with Crippen molar-refractivity contribution in [3.63, 3.8) is 0 Å². The first-order valence-electron chi connectivity index (χ1n) is 8.56. The highest BCUT2D eigenvalue weighted by atomic mass is 16.6. The third-order valence-corrected chi connectivity index (χ3v) is 4.24. The van der Waals surface area contributed by atoms with Gasteiger partial charge in [0, 0.05) is 23.9 Å². The van der Waals surface area contributed by atoms with E-state index in [1.165, 1.54) is 21.1 Å². The van der Waals surface area contributed by atoms with Crippen LogP contribution < -0.4 is 20.1 Å². The Hall–Kier alpha value is -3.55. The molecule has 2 aromatic carbocycles. The number of cyclic esters (lactones) is 1. The first-order valence-corrected chi connectivity index (χ1v) is 8.56. The Balaban J connectivity index is 1.71. The van der Waals surface area contributed by atoms with Crippen LogP contribution in [0.2, 0.25) is 0 Å².